The number of hydrogen-bond acceptors (Lipinski definition) is 5. The standard InChI is InChI=1S/C11H8BrN3O2/c12-7-3-1-2-4-9(7)17-10(16)8-5-6-14-11(13)15-8/h1-6H,(H2,13,14,15). The van der Waals surface area contributed by atoms with Gasteiger partial charge in [0.25, 0.3) is 0 Å². The molecule has 0 radical (unpaired) electrons. The number of ether oxygens (including phenoxy) is 1. The number of para-hydroxylation sites is 1. The van der Waals surface area contributed by atoms with Crippen LogP contribution in [0.5, 0.6) is 5.75 Å². The van der Waals surface area contributed by atoms with E-state index in [-0.39, 0.29) is 11.6 Å². The first-order valence-electron chi connectivity index (χ1n) is 4.72. The zero-order valence-electron chi connectivity index (χ0n) is 8.63. The minimum Gasteiger partial charge on any atom is -0.421 e. The van der Waals surface area contributed by atoms with Gasteiger partial charge in [-0.2, -0.15) is 0 Å². The molecule has 0 spiro atoms. The highest BCUT2D eigenvalue weighted by Gasteiger charge is 2.12. The van der Waals surface area contributed by atoms with Gasteiger partial charge in [-0.05, 0) is 34.1 Å². The number of anilines is 1. The lowest BCUT2D eigenvalue weighted by Crippen LogP contribution is -2.12. The number of benzene rings is 1. The Bertz CT molecular complexity index is 560. The molecule has 6 heteroatoms. The molecule has 0 unspecified atom stereocenters. The summed E-state index contributed by atoms with van der Waals surface area (Å²) in [6.07, 6.45) is 1.40. The van der Waals surface area contributed by atoms with E-state index in [9.17, 15) is 4.79 Å². The number of aromatic nitrogens is 2. The third-order valence-corrected chi connectivity index (χ3v) is 2.58. The quantitative estimate of drug-likeness (QED) is 0.677. The number of halogens is 1. The van der Waals surface area contributed by atoms with Gasteiger partial charge < -0.3 is 10.5 Å². The van der Waals surface area contributed by atoms with E-state index >= 15 is 0 Å². The molecule has 2 aromatic rings. The van der Waals surface area contributed by atoms with Crippen LogP contribution in [0, 0.1) is 0 Å². The molecule has 0 fully saturated rings. The third-order valence-electron chi connectivity index (χ3n) is 1.92. The Hall–Kier alpha value is -1.95. The van der Waals surface area contributed by atoms with Gasteiger partial charge in [0.1, 0.15) is 5.75 Å². The summed E-state index contributed by atoms with van der Waals surface area (Å²) >= 11 is 3.28. The largest absolute Gasteiger partial charge is 0.421 e. The summed E-state index contributed by atoms with van der Waals surface area (Å²) in [4.78, 5) is 19.2. The van der Waals surface area contributed by atoms with Gasteiger partial charge in [-0.3, -0.25) is 0 Å². The Balaban J connectivity index is 2.20. The van der Waals surface area contributed by atoms with Crippen LogP contribution in [0.3, 0.4) is 0 Å². The number of nitrogens with two attached hydrogens (primary N) is 1. The maximum absolute atomic E-state index is 11.7. The second kappa shape index (κ2) is 4.92. The van der Waals surface area contributed by atoms with Crippen LogP contribution in [0.15, 0.2) is 41.0 Å². The number of hydrogen-bond donors (Lipinski definition) is 1. The average molecular weight is 294 g/mol. The van der Waals surface area contributed by atoms with E-state index in [4.69, 9.17) is 10.5 Å². The van der Waals surface area contributed by atoms with Crippen molar-refractivity contribution in [1.82, 2.24) is 9.97 Å². The molecule has 1 aromatic heterocycles. The van der Waals surface area contributed by atoms with Gasteiger partial charge in [0, 0.05) is 6.20 Å². The molecule has 0 saturated carbocycles. The zero-order valence-corrected chi connectivity index (χ0v) is 10.2. The predicted molar refractivity (Wildman–Crippen MR) is 65.5 cm³/mol. The maximum Gasteiger partial charge on any atom is 0.362 e. The molecule has 0 amide bonds. The Labute approximate surface area is 106 Å². The van der Waals surface area contributed by atoms with Crippen LogP contribution < -0.4 is 10.5 Å². The minimum atomic E-state index is -0.578. The second-order valence-electron chi connectivity index (χ2n) is 3.12. The maximum atomic E-state index is 11.7. The normalized spacial score (nSPS) is 9.94. The van der Waals surface area contributed by atoms with Gasteiger partial charge in [0.05, 0.1) is 4.47 Å². The number of carbonyl (C=O) groups is 1. The highest BCUT2D eigenvalue weighted by atomic mass is 79.9. The second-order valence-corrected chi connectivity index (χ2v) is 3.97. The van der Waals surface area contributed by atoms with Crippen molar-refractivity contribution in [3.63, 3.8) is 0 Å². The van der Waals surface area contributed by atoms with Gasteiger partial charge in [-0.15, -0.1) is 0 Å². The highest BCUT2D eigenvalue weighted by molar-refractivity contribution is 9.10. The van der Waals surface area contributed by atoms with Crippen LogP contribution in [0.2, 0.25) is 0 Å². The summed E-state index contributed by atoms with van der Waals surface area (Å²) in [6.45, 7) is 0. The van der Waals surface area contributed by atoms with Crippen LogP contribution in [0.25, 0.3) is 0 Å². The van der Waals surface area contributed by atoms with E-state index in [0.717, 1.165) is 0 Å². The Morgan fingerprint density at radius 3 is 2.76 bits per heavy atom. The summed E-state index contributed by atoms with van der Waals surface area (Å²) in [6, 6.07) is 8.48. The first-order chi connectivity index (χ1) is 8.16. The van der Waals surface area contributed by atoms with E-state index < -0.39 is 5.97 Å². The molecular weight excluding hydrogens is 286 g/mol. The number of carbonyl (C=O) groups excluding carboxylic acids is 1. The van der Waals surface area contributed by atoms with Crippen molar-refractivity contribution in [3.8, 4) is 5.75 Å². The molecule has 0 atom stereocenters. The predicted octanol–water partition coefficient (Wildman–Crippen LogP) is 2.04. The Morgan fingerprint density at radius 1 is 1.29 bits per heavy atom. The number of rotatable bonds is 2. The van der Waals surface area contributed by atoms with E-state index in [1.807, 2.05) is 6.07 Å². The van der Waals surface area contributed by atoms with Gasteiger partial charge >= 0.3 is 5.97 Å². The Kier molecular flexibility index (Phi) is 3.34. The third kappa shape index (κ3) is 2.79. The number of nitrogens with zero attached hydrogens (tertiary/aromatic N) is 2. The van der Waals surface area contributed by atoms with Crippen LogP contribution in [-0.4, -0.2) is 15.9 Å². The summed E-state index contributed by atoms with van der Waals surface area (Å²) in [5.41, 5.74) is 5.50. The van der Waals surface area contributed by atoms with Gasteiger partial charge in [0.15, 0.2) is 5.69 Å². The van der Waals surface area contributed by atoms with E-state index in [0.29, 0.717) is 10.2 Å². The first-order valence-corrected chi connectivity index (χ1v) is 5.51. The van der Waals surface area contributed by atoms with Crippen LogP contribution >= 0.6 is 15.9 Å². The summed E-state index contributed by atoms with van der Waals surface area (Å²) in [5.74, 6) is -0.118. The van der Waals surface area contributed by atoms with Crippen molar-refractivity contribution in [2.45, 2.75) is 0 Å². The molecule has 0 aliphatic carbocycles. The molecule has 1 aromatic carbocycles. The SMILES string of the molecule is Nc1nccc(C(=O)Oc2ccccc2Br)n1. The molecule has 0 saturated heterocycles. The van der Waals surface area contributed by atoms with E-state index in [2.05, 4.69) is 25.9 Å². The van der Waals surface area contributed by atoms with Gasteiger partial charge in [0.2, 0.25) is 5.95 Å². The van der Waals surface area contributed by atoms with E-state index in [1.54, 1.807) is 18.2 Å². The lowest BCUT2D eigenvalue weighted by atomic mass is 10.3. The Morgan fingerprint density at radius 2 is 2.06 bits per heavy atom. The van der Waals surface area contributed by atoms with E-state index in [1.165, 1.54) is 12.3 Å². The molecule has 0 aliphatic heterocycles. The van der Waals surface area contributed by atoms with Gasteiger partial charge in [-0.25, -0.2) is 14.8 Å². The lowest BCUT2D eigenvalue weighted by molar-refractivity contribution is 0.0727. The fourth-order valence-corrected chi connectivity index (χ4v) is 1.53. The zero-order chi connectivity index (χ0) is 12.3. The topological polar surface area (TPSA) is 78.1 Å². The fourth-order valence-electron chi connectivity index (χ4n) is 1.17. The number of nitrogen functional groups attached to an aromatic ring is 1. The van der Waals surface area contributed by atoms with Crippen molar-refractivity contribution in [3.05, 3.63) is 46.7 Å². The number of esters is 1. The monoisotopic (exact) mass is 293 g/mol. The highest BCUT2D eigenvalue weighted by Crippen LogP contribution is 2.24. The lowest BCUT2D eigenvalue weighted by Gasteiger charge is -2.05. The van der Waals surface area contributed by atoms with Gasteiger partial charge in [-0.1, -0.05) is 12.1 Å². The van der Waals surface area contributed by atoms with Crippen molar-refractivity contribution >= 4 is 27.8 Å². The van der Waals surface area contributed by atoms with Crippen molar-refractivity contribution in [2.75, 3.05) is 5.73 Å². The fraction of sp³-hybridized carbons (Fsp3) is 0. The summed E-state index contributed by atoms with van der Waals surface area (Å²) < 4.78 is 5.84. The molecule has 0 aliphatic rings. The molecule has 1 heterocycles. The minimum absolute atomic E-state index is 0.0339. The van der Waals surface area contributed by atoms with Crippen LogP contribution in [-0.2, 0) is 0 Å². The molecule has 86 valence electrons. The molecule has 2 N–H and O–H groups in total. The molecule has 0 bridgehead atoms. The summed E-state index contributed by atoms with van der Waals surface area (Å²) in [7, 11) is 0. The molecular formula is C11H8BrN3O2. The first kappa shape index (κ1) is 11.5. The smallest absolute Gasteiger partial charge is 0.362 e. The molecule has 2 rings (SSSR count). The van der Waals surface area contributed by atoms with Crippen LogP contribution in [0.4, 0.5) is 5.95 Å². The van der Waals surface area contributed by atoms with Crippen molar-refractivity contribution < 1.29 is 9.53 Å². The average Bonchev–Trinajstić information content (AvgIpc) is 2.32. The molecule has 17 heavy (non-hydrogen) atoms. The van der Waals surface area contributed by atoms with Crippen LogP contribution in [0.1, 0.15) is 10.5 Å². The summed E-state index contributed by atoms with van der Waals surface area (Å²) in [5, 5.41) is 0. The van der Waals surface area contributed by atoms with Crippen molar-refractivity contribution in [2.24, 2.45) is 0 Å². The molecule has 5 nitrogen and oxygen atoms in total. The van der Waals surface area contributed by atoms with Crippen molar-refractivity contribution in [1.29, 1.82) is 0 Å².